The van der Waals surface area contributed by atoms with Crippen LogP contribution in [0.15, 0.2) is 36.4 Å². The van der Waals surface area contributed by atoms with Gasteiger partial charge in [-0.05, 0) is 98.5 Å². The topological polar surface area (TPSA) is 49.4 Å². The Morgan fingerprint density at radius 3 is 2.40 bits per heavy atom. The lowest BCUT2D eigenvalue weighted by molar-refractivity contribution is -0.114. The number of carbonyl (C=O) groups excluding carboxylic acids is 2. The molecule has 1 saturated heterocycles. The molecule has 1 heterocycles. The molecule has 1 aliphatic carbocycles. The van der Waals surface area contributed by atoms with Gasteiger partial charge in [-0.1, -0.05) is 12.1 Å². The number of piperidine rings is 1. The van der Waals surface area contributed by atoms with Gasteiger partial charge in [0.1, 0.15) is 5.82 Å². The summed E-state index contributed by atoms with van der Waals surface area (Å²) < 4.78 is 13.2. The summed E-state index contributed by atoms with van der Waals surface area (Å²) in [5.74, 6) is 0.573. The lowest BCUT2D eigenvalue weighted by Gasteiger charge is -2.34. The van der Waals surface area contributed by atoms with Gasteiger partial charge < -0.3 is 10.2 Å². The number of nitrogens with zero attached hydrogens (tertiary/aromatic N) is 1. The van der Waals surface area contributed by atoms with E-state index in [1.165, 1.54) is 23.6 Å². The summed E-state index contributed by atoms with van der Waals surface area (Å²) in [6.07, 6.45) is 4.23. The van der Waals surface area contributed by atoms with E-state index in [2.05, 4.69) is 10.2 Å². The molecule has 1 amide bonds. The molecular formula is C25H29FN2O2. The van der Waals surface area contributed by atoms with Gasteiger partial charge in [-0.2, -0.15) is 0 Å². The van der Waals surface area contributed by atoms with Gasteiger partial charge in [0.15, 0.2) is 5.78 Å². The quantitative estimate of drug-likeness (QED) is 0.716. The average Bonchev–Trinajstić information content (AvgIpc) is 3.10. The van der Waals surface area contributed by atoms with Gasteiger partial charge in [0.05, 0.1) is 5.69 Å². The second-order valence-corrected chi connectivity index (χ2v) is 8.70. The summed E-state index contributed by atoms with van der Waals surface area (Å²) in [6, 6.07) is 10.9. The number of ketones is 1. The molecule has 0 bridgehead atoms. The third kappa shape index (κ3) is 4.46. The maximum atomic E-state index is 13.2. The van der Waals surface area contributed by atoms with Crippen LogP contribution in [-0.2, 0) is 11.2 Å². The highest BCUT2D eigenvalue weighted by atomic mass is 19.1. The summed E-state index contributed by atoms with van der Waals surface area (Å²) in [5.41, 5.74) is 4.98. The first-order valence-corrected chi connectivity index (χ1v) is 10.8. The number of fused-ring (bicyclic) bond motifs is 1. The van der Waals surface area contributed by atoms with E-state index < -0.39 is 0 Å². The second-order valence-electron chi connectivity index (χ2n) is 8.70. The second kappa shape index (κ2) is 8.68. The number of benzene rings is 2. The van der Waals surface area contributed by atoms with Crippen LogP contribution < -0.4 is 5.32 Å². The van der Waals surface area contributed by atoms with Crippen LogP contribution in [0.5, 0.6) is 0 Å². The first kappa shape index (κ1) is 20.7. The molecule has 2 aliphatic rings. The molecular weight excluding hydrogens is 379 g/mol. The Hall–Kier alpha value is -2.53. The zero-order valence-corrected chi connectivity index (χ0v) is 17.7. The van der Waals surface area contributed by atoms with Gasteiger partial charge in [0.2, 0.25) is 5.91 Å². The fraction of sp³-hybridized carbons (Fsp3) is 0.440. The van der Waals surface area contributed by atoms with Crippen molar-refractivity contribution in [1.29, 1.82) is 0 Å². The van der Waals surface area contributed by atoms with Crippen molar-refractivity contribution in [3.8, 4) is 0 Å². The molecule has 1 N–H and O–H groups in total. The maximum Gasteiger partial charge on any atom is 0.221 e. The van der Waals surface area contributed by atoms with E-state index in [0.29, 0.717) is 23.1 Å². The van der Waals surface area contributed by atoms with Crippen molar-refractivity contribution in [2.45, 2.75) is 51.4 Å². The van der Waals surface area contributed by atoms with Crippen LogP contribution in [0.4, 0.5) is 10.1 Å². The Balaban J connectivity index is 1.43. The predicted octanol–water partition coefficient (Wildman–Crippen LogP) is 4.90. The number of aryl methyl sites for hydroxylation is 1. The summed E-state index contributed by atoms with van der Waals surface area (Å²) in [4.78, 5) is 26.2. The lowest BCUT2D eigenvalue weighted by atomic mass is 9.88. The summed E-state index contributed by atoms with van der Waals surface area (Å²) in [5, 5.41) is 2.84. The van der Waals surface area contributed by atoms with Crippen LogP contribution in [0.3, 0.4) is 0 Å². The van der Waals surface area contributed by atoms with Crippen molar-refractivity contribution in [2.24, 2.45) is 0 Å². The van der Waals surface area contributed by atoms with Crippen molar-refractivity contribution in [3.63, 3.8) is 0 Å². The molecule has 1 fully saturated rings. The fourth-order valence-electron chi connectivity index (χ4n) is 5.01. The van der Waals surface area contributed by atoms with E-state index in [-0.39, 0.29) is 17.5 Å². The van der Waals surface area contributed by atoms with Crippen molar-refractivity contribution in [2.75, 3.05) is 25.0 Å². The minimum Gasteiger partial charge on any atom is -0.326 e. The molecule has 0 saturated carbocycles. The minimum absolute atomic E-state index is 0.0205. The molecule has 5 heteroatoms. The Bertz CT molecular complexity index is 946. The molecule has 2 aromatic carbocycles. The molecule has 1 aliphatic heterocycles. The summed E-state index contributed by atoms with van der Waals surface area (Å²) in [7, 11) is 0. The standard InChI is InChI=1S/C25H29FN2O2/c1-16(29)23-13-20-3-4-21(24(20)14-25(23)27-17(2)30)15-28-11-9-19(10-12-28)18-5-7-22(26)8-6-18/h5-8,13-14,19,21H,3-4,9-12,15H2,1-2H3,(H,27,30). The molecule has 1 atom stereocenters. The third-order valence-electron chi connectivity index (χ3n) is 6.58. The zero-order valence-electron chi connectivity index (χ0n) is 17.7. The van der Waals surface area contributed by atoms with E-state index in [9.17, 15) is 14.0 Å². The maximum absolute atomic E-state index is 13.2. The smallest absolute Gasteiger partial charge is 0.221 e. The highest BCUT2D eigenvalue weighted by Gasteiger charge is 2.29. The van der Waals surface area contributed by atoms with E-state index in [1.54, 1.807) is 19.1 Å². The van der Waals surface area contributed by atoms with Crippen LogP contribution in [0, 0.1) is 5.82 Å². The van der Waals surface area contributed by atoms with E-state index in [1.807, 2.05) is 24.3 Å². The molecule has 158 valence electrons. The number of nitrogens with one attached hydrogen (secondary N) is 1. The number of carbonyl (C=O) groups is 2. The molecule has 2 aromatic rings. The Morgan fingerprint density at radius 2 is 1.77 bits per heavy atom. The molecule has 4 rings (SSSR count). The number of hydrogen-bond acceptors (Lipinski definition) is 3. The third-order valence-corrected chi connectivity index (χ3v) is 6.58. The average molecular weight is 409 g/mol. The molecule has 0 aromatic heterocycles. The van der Waals surface area contributed by atoms with Crippen LogP contribution in [0.25, 0.3) is 0 Å². The molecule has 0 spiro atoms. The highest BCUT2D eigenvalue weighted by molar-refractivity contribution is 6.03. The number of amides is 1. The van der Waals surface area contributed by atoms with Crippen molar-refractivity contribution < 1.29 is 14.0 Å². The Labute approximate surface area is 177 Å². The summed E-state index contributed by atoms with van der Waals surface area (Å²) in [6.45, 7) is 6.10. The zero-order chi connectivity index (χ0) is 21.3. The minimum atomic E-state index is -0.178. The fourth-order valence-corrected chi connectivity index (χ4v) is 5.01. The summed E-state index contributed by atoms with van der Waals surface area (Å²) >= 11 is 0. The first-order valence-electron chi connectivity index (χ1n) is 10.8. The SMILES string of the molecule is CC(=O)Nc1cc2c(cc1C(C)=O)CCC2CN1CCC(c2ccc(F)cc2)CC1. The number of hydrogen-bond donors (Lipinski definition) is 1. The van der Waals surface area contributed by atoms with Crippen LogP contribution >= 0.6 is 0 Å². The molecule has 4 nitrogen and oxygen atoms in total. The predicted molar refractivity (Wildman–Crippen MR) is 117 cm³/mol. The van der Waals surface area contributed by atoms with Crippen LogP contribution in [0.2, 0.25) is 0 Å². The number of anilines is 1. The van der Waals surface area contributed by atoms with Crippen molar-refractivity contribution >= 4 is 17.4 Å². The first-order chi connectivity index (χ1) is 14.4. The van der Waals surface area contributed by atoms with E-state index in [0.717, 1.165) is 45.3 Å². The van der Waals surface area contributed by atoms with Crippen molar-refractivity contribution in [3.05, 3.63) is 64.5 Å². The van der Waals surface area contributed by atoms with Gasteiger partial charge in [0.25, 0.3) is 0 Å². The Kier molecular flexibility index (Phi) is 6.00. The Morgan fingerprint density at radius 1 is 1.07 bits per heavy atom. The van der Waals surface area contributed by atoms with Gasteiger partial charge in [-0.3, -0.25) is 9.59 Å². The van der Waals surface area contributed by atoms with E-state index in [4.69, 9.17) is 0 Å². The molecule has 0 radical (unpaired) electrons. The van der Waals surface area contributed by atoms with Gasteiger partial charge in [0, 0.05) is 19.0 Å². The molecule has 1 unspecified atom stereocenters. The van der Waals surface area contributed by atoms with Crippen molar-refractivity contribution in [1.82, 2.24) is 4.90 Å². The lowest BCUT2D eigenvalue weighted by Crippen LogP contribution is -2.35. The monoisotopic (exact) mass is 408 g/mol. The highest BCUT2D eigenvalue weighted by Crippen LogP contribution is 2.38. The number of likely N-dealkylation sites (tertiary alicyclic amines) is 1. The van der Waals surface area contributed by atoms with E-state index >= 15 is 0 Å². The van der Waals surface area contributed by atoms with Crippen LogP contribution in [-0.4, -0.2) is 36.2 Å². The normalized spacial score (nSPS) is 19.5. The van der Waals surface area contributed by atoms with Gasteiger partial charge >= 0.3 is 0 Å². The number of halogens is 1. The number of Topliss-reactive ketones (excluding diaryl/α,β-unsaturated/α-hetero) is 1. The van der Waals surface area contributed by atoms with Gasteiger partial charge in [-0.15, -0.1) is 0 Å². The largest absolute Gasteiger partial charge is 0.326 e. The van der Waals surface area contributed by atoms with Gasteiger partial charge in [-0.25, -0.2) is 4.39 Å². The number of rotatable bonds is 5. The molecule has 30 heavy (non-hydrogen) atoms. The van der Waals surface area contributed by atoms with Crippen LogP contribution in [0.1, 0.15) is 72.0 Å².